The number of para-hydroxylation sites is 1. The highest BCUT2D eigenvalue weighted by atomic mass is 35.5. The number of nitrogens with zero attached hydrogens (tertiary/aromatic N) is 1. The number of halogens is 1. The van der Waals surface area contributed by atoms with Crippen LogP contribution in [0.2, 0.25) is 5.02 Å². The van der Waals surface area contributed by atoms with Gasteiger partial charge in [-0.25, -0.2) is 8.42 Å². The molecular formula is C25H27ClN2O7S. The first-order valence-corrected chi connectivity index (χ1v) is 12.6. The Labute approximate surface area is 215 Å². The second-order valence-corrected chi connectivity index (χ2v) is 9.65. The second kappa shape index (κ2) is 12.4. The van der Waals surface area contributed by atoms with Gasteiger partial charge in [0.05, 0.1) is 38.5 Å². The number of hydrogen-bond donors (Lipinski definition) is 1. The Morgan fingerprint density at radius 1 is 0.889 bits per heavy atom. The van der Waals surface area contributed by atoms with Crippen LogP contribution in [0.3, 0.4) is 0 Å². The molecule has 0 unspecified atom stereocenters. The summed E-state index contributed by atoms with van der Waals surface area (Å²) in [5, 5.41) is 2.95. The highest BCUT2D eigenvalue weighted by molar-refractivity contribution is 7.92. The number of carbonyl (C=O) groups excluding carboxylic acids is 1. The zero-order valence-corrected chi connectivity index (χ0v) is 21.6. The molecule has 0 aliphatic heterocycles. The minimum atomic E-state index is -4.26. The quantitative estimate of drug-likeness (QED) is 0.353. The molecule has 0 spiro atoms. The highest BCUT2D eigenvalue weighted by Crippen LogP contribution is 2.36. The molecule has 0 saturated heterocycles. The highest BCUT2D eigenvalue weighted by Gasteiger charge is 2.30. The van der Waals surface area contributed by atoms with Crippen LogP contribution < -0.4 is 28.6 Å². The summed E-state index contributed by atoms with van der Waals surface area (Å²) in [6.45, 7) is -0.151. The largest absolute Gasteiger partial charge is 0.495 e. The maximum atomic E-state index is 13.8. The van der Waals surface area contributed by atoms with Crippen LogP contribution in [0.5, 0.6) is 23.0 Å². The molecule has 3 aromatic rings. The molecule has 9 nitrogen and oxygen atoms in total. The Balaban J connectivity index is 1.87. The van der Waals surface area contributed by atoms with E-state index in [2.05, 4.69) is 5.32 Å². The fraction of sp³-hybridized carbons (Fsp3) is 0.240. The number of hydrogen-bond acceptors (Lipinski definition) is 7. The van der Waals surface area contributed by atoms with Crippen LogP contribution in [0.4, 0.5) is 5.69 Å². The SMILES string of the molecule is COc1ccc(S(=O)(=O)N(CC(=O)NCCOc2ccccc2)c2cc(Cl)ccc2OC)cc1OC. The van der Waals surface area contributed by atoms with Gasteiger partial charge in [-0.05, 0) is 42.5 Å². The van der Waals surface area contributed by atoms with E-state index in [4.69, 9.17) is 30.5 Å². The standard InChI is InChI=1S/C25H27ClN2O7S/c1-32-22-11-9-18(26)15-21(22)28(17-25(29)27-13-14-35-19-7-5-4-6-8-19)36(30,31)20-10-12-23(33-2)24(16-20)34-3/h4-12,15-16H,13-14,17H2,1-3H3,(H,27,29). The van der Waals surface area contributed by atoms with Gasteiger partial charge in [0, 0.05) is 11.1 Å². The van der Waals surface area contributed by atoms with Crippen molar-refractivity contribution in [2.24, 2.45) is 0 Å². The van der Waals surface area contributed by atoms with Crippen LogP contribution in [0.25, 0.3) is 0 Å². The summed E-state index contributed by atoms with van der Waals surface area (Å²) in [6, 6.07) is 17.8. The summed E-state index contributed by atoms with van der Waals surface area (Å²) < 4.78 is 49.8. The lowest BCUT2D eigenvalue weighted by molar-refractivity contribution is -0.119. The molecule has 0 fully saturated rings. The number of anilines is 1. The van der Waals surface area contributed by atoms with Crippen LogP contribution in [0.1, 0.15) is 0 Å². The average molecular weight is 535 g/mol. The lowest BCUT2D eigenvalue weighted by Gasteiger charge is -2.26. The van der Waals surface area contributed by atoms with Gasteiger partial charge in [0.2, 0.25) is 5.91 Å². The zero-order valence-electron chi connectivity index (χ0n) is 20.1. The van der Waals surface area contributed by atoms with Gasteiger partial charge in [-0.15, -0.1) is 0 Å². The minimum absolute atomic E-state index is 0.107. The molecule has 36 heavy (non-hydrogen) atoms. The smallest absolute Gasteiger partial charge is 0.265 e. The summed E-state index contributed by atoms with van der Waals surface area (Å²) in [5.74, 6) is 0.924. The Kier molecular flexibility index (Phi) is 9.26. The number of benzene rings is 3. The fourth-order valence-corrected chi connectivity index (χ4v) is 4.93. The van der Waals surface area contributed by atoms with Crippen molar-refractivity contribution in [3.05, 3.63) is 71.8 Å². The first-order valence-electron chi connectivity index (χ1n) is 10.8. The first-order chi connectivity index (χ1) is 17.3. The maximum absolute atomic E-state index is 13.8. The van der Waals surface area contributed by atoms with Crippen molar-refractivity contribution in [2.75, 3.05) is 45.3 Å². The molecule has 1 N–H and O–H groups in total. The summed E-state index contributed by atoms with van der Waals surface area (Å²) in [7, 11) is -0.0197. The first kappa shape index (κ1) is 27.0. The van der Waals surface area contributed by atoms with E-state index in [-0.39, 0.29) is 40.3 Å². The third-order valence-corrected chi connectivity index (χ3v) is 7.07. The summed E-state index contributed by atoms with van der Waals surface area (Å²) in [5.41, 5.74) is 0.107. The number of ether oxygens (including phenoxy) is 4. The average Bonchev–Trinajstić information content (AvgIpc) is 2.89. The van der Waals surface area contributed by atoms with Crippen molar-refractivity contribution < 1.29 is 32.2 Å². The van der Waals surface area contributed by atoms with E-state index in [9.17, 15) is 13.2 Å². The molecule has 3 rings (SSSR count). The van der Waals surface area contributed by atoms with E-state index >= 15 is 0 Å². The van der Waals surface area contributed by atoms with Gasteiger partial charge in [-0.3, -0.25) is 9.10 Å². The molecule has 0 heterocycles. The van der Waals surface area contributed by atoms with Crippen LogP contribution in [-0.4, -0.2) is 55.4 Å². The van der Waals surface area contributed by atoms with Gasteiger partial charge in [0.15, 0.2) is 11.5 Å². The van der Waals surface area contributed by atoms with E-state index < -0.39 is 22.5 Å². The van der Waals surface area contributed by atoms with Gasteiger partial charge in [-0.1, -0.05) is 29.8 Å². The van der Waals surface area contributed by atoms with E-state index in [1.54, 1.807) is 18.2 Å². The Morgan fingerprint density at radius 2 is 1.56 bits per heavy atom. The summed E-state index contributed by atoms with van der Waals surface area (Å²) in [6.07, 6.45) is 0. The molecule has 3 aromatic carbocycles. The number of carbonyl (C=O) groups is 1. The van der Waals surface area contributed by atoms with Gasteiger partial charge in [-0.2, -0.15) is 0 Å². The van der Waals surface area contributed by atoms with Crippen molar-refractivity contribution in [1.82, 2.24) is 5.32 Å². The Morgan fingerprint density at radius 3 is 2.22 bits per heavy atom. The maximum Gasteiger partial charge on any atom is 0.265 e. The Bertz CT molecular complexity index is 1290. The van der Waals surface area contributed by atoms with Crippen molar-refractivity contribution in [3.63, 3.8) is 0 Å². The fourth-order valence-electron chi connectivity index (χ4n) is 3.32. The molecule has 0 aliphatic rings. The number of methoxy groups -OCH3 is 3. The van der Waals surface area contributed by atoms with E-state index in [1.165, 1.54) is 51.7 Å². The molecule has 0 aromatic heterocycles. The normalized spacial score (nSPS) is 10.9. The number of sulfonamides is 1. The number of rotatable bonds is 12. The summed E-state index contributed by atoms with van der Waals surface area (Å²) >= 11 is 6.17. The topological polar surface area (TPSA) is 103 Å². The number of nitrogens with one attached hydrogen (secondary N) is 1. The second-order valence-electron chi connectivity index (χ2n) is 7.36. The molecule has 11 heteroatoms. The van der Waals surface area contributed by atoms with Gasteiger partial charge in [0.1, 0.15) is 24.7 Å². The van der Waals surface area contributed by atoms with Gasteiger partial charge >= 0.3 is 0 Å². The van der Waals surface area contributed by atoms with Crippen molar-refractivity contribution in [1.29, 1.82) is 0 Å². The lowest BCUT2D eigenvalue weighted by Crippen LogP contribution is -2.42. The van der Waals surface area contributed by atoms with Crippen molar-refractivity contribution >= 4 is 33.2 Å². The van der Waals surface area contributed by atoms with Crippen LogP contribution >= 0.6 is 11.6 Å². The zero-order chi connectivity index (χ0) is 26.1. The molecule has 0 bridgehead atoms. The third kappa shape index (κ3) is 6.52. The molecule has 0 aliphatic carbocycles. The van der Waals surface area contributed by atoms with Crippen molar-refractivity contribution in [2.45, 2.75) is 4.90 Å². The van der Waals surface area contributed by atoms with Crippen LogP contribution in [0, 0.1) is 0 Å². The lowest BCUT2D eigenvalue weighted by atomic mass is 10.3. The molecule has 0 saturated carbocycles. The van der Waals surface area contributed by atoms with Gasteiger partial charge in [0.25, 0.3) is 10.0 Å². The van der Waals surface area contributed by atoms with E-state index in [1.807, 2.05) is 18.2 Å². The van der Waals surface area contributed by atoms with Crippen molar-refractivity contribution in [3.8, 4) is 23.0 Å². The summed E-state index contributed by atoms with van der Waals surface area (Å²) in [4.78, 5) is 12.7. The van der Waals surface area contributed by atoms with Gasteiger partial charge < -0.3 is 24.3 Å². The molecule has 0 radical (unpaired) electrons. The van der Waals surface area contributed by atoms with Crippen LogP contribution in [-0.2, 0) is 14.8 Å². The predicted octanol–water partition coefficient (Wildman–Crippen LogP) is 3.76. The number of amides is 1. The predicted molar refractivity (Wildman–Crippen MR) is 137 cm³/mol. The van der Waals surface area contributed by atoms with E-state index in [0.717, 1.165) is 4.31 Å². The molecule has 0 atom stereocenters. The monoisotopic (exact) mass is 534 g/mol. The molecule has 1 amide bonds. The molecular weight excluding hydrogens is 508 g/mol. The van der Waals surface area contributed by atoms with Crippen LogP contribution in [0.15, 0.2) is 71.6 Å². The Hall–Kier alpha value is -3.63. The third-order valence-electron chi connectivity index (χ3n) is 5.08. The van der Waals surface area contributed by atoms with E-state index in [0.29, 0.717) is 11.5 Å². The minimum Gasteiger partial charge on any atom is -0.495 e. The molecule has 192 valence electrons.